The molecule has 0 fully saturated rings. The molecule has 3 nitrogen and oxygen atoms in total. The van der Waals surface area contributed by atoms with Crippen LogP contribution in [0, 0.1) is 5.92 Å². The van der Waals surface area contributed by atoms with Crippen molar-refractivity contribution in [2.24, 2.45) is 5.92 Å². The monoisotopic (exact) mass is 225 g/mol. The first-order valence-electron chi connectivity index (χ1n) is 5.54. The average Bonchev–Trinajstić information content (AvgIpc) is 2.08. The standard InChI is InChI=1S/C13H23NO2/c1-7-8-11(10(2)3)9-14-12(15)16-13(4,5)6/h7-8,10H,1,9H2,2-6H3,(H,14,15)/b11-8-. The summed E-state index contributed by atoms with van der Waals surface area (Å²) in [5.74, 6) is 0.382. The zero-order valence-corrected chi connectivity index (χ0v) is 11.0. The minimum Gasteiger partial charge on any atom is -0.444 e. The van der Waals surface area contributed by atoms with Crippen LogP contribution in [0.5, 0.6) is 0 Å². The summed E-state index contributed by atoms with van der Waals surface area (Å²) in [6, 6.07) is 0. The maximum atomic E-state index is 11.4. The van der Waals surface area contributed by atoms with Crippen LogP contribution < -0.4 is 5.32 Å². The number of allylic oxidation sites excluding steroid dienone is 2. The molecule has 1 amide bonds. The largest absolute Gasteiger partial charge is 0.444 e. The van der Waals surface area contributed by atoms with Crippen molar-refractivity contribution in [1.82, 2.24) is 5.32 Å². The first-order chi connectivity index (χ1) is 7.26. The fourth-order valence-corrected chi connectivity index (χ4v) is 1.10. The molecule has 0 unspecified atom stereocenters. The molecule has 0 saturated heterocycles. The number of carbonyl (C=O) groups is 1. The SMILES string of the molecule is C=C/C=C(/CNC(=O)OC(C)(C)C)C(C)C. The first-order valence-corrected chi connectivity index (χ1v) is 5.54. The van der Waals surface area contributed by atoms with Crippen molar-refractivity contribution >= 4 is 6.09 Å². The van der Waals surface area contributed by atoms with Gasteiger partial charge in [-0.3, -0.25) is 0 Å². The fraction of sp³-hybridized carbons (Fsp3) is 0.615. The van der Waals surface area contributed by atoms with Crippen LogP contribution >= 0.6 is 0 Å². The number of nitrogens with one attached hydrogen (secondary N) is 1. The average molecular weight is 225 g/mol. The van der Waals surface area contributed by atoms with E-state index in [-0.39, 0.29) is 6.09 Å². The number of carbonyl (C=O) groups excluding carboxylic acids is 1. The smallest absolute Gasteiger partial charge is 0.407 e. The Balaban J connectivity index is 4.18. The molecule has 0 atom stereocenters. The Hall–Kier alpha value is -1.25. The maximum absolute atomic E-state index is 11.4. The Morgan fingerprint density at radius 3 is 2.38 bits per heavy atom. The van der Waals surface area contributed by atoms with Crippen molar-refractivity contribution in [2.75, 3.05) is 6.54 Å². The van der Waals surface area contributed by atoms with E-state index in [0.29, 0.717) is 12.5 Å². The minimum absolute atomic E-state index is 0.382. The highest BCUT2D eigenvalue weighted by Gasteiger charge is 2.16. The molecule has 0 saturated carbocycles. The van der Waals surface area contributed by atoms with Gasteiger partial charge in [-0.2, -0.15) is 0 Å². The Labute approximate surface area is 98.6 Å². The summed E-state index contributed by atoms with van der Waals surface area (Å²) >= 11 is 0. The molecule has 0 aliphatic carbocycles. The van der Waals surface area contributed by atoms with Gasteiger partial charge in [0.15, 0.2) is 0 Å². The van der Waals surface area contributed by atoms with E-state index < -0.39 is 5.60 Å². The van der Waals surface area contributed by atoms with E-state index in [2.05, 4.69) is 25.7 Å². The first kappa shape index (κ1) is 14.8. The lowest BCUT2D eigenvalue weighted by atomic mass is 10.0. The predicted molar refractivity (Wildman–Crippen MR) is 67.4 cm³/mol. The summed E-state index contributed by atoms with van der Waals surface area (Å²) in [7, 11) is 0. The highest BCUT2D eigenvalue weighted by atomic mass is 16.6. The Morgan fingerprint density at radius 2 is 2.00 bits per heavy atom. The summed E-state index contributed by atoms with van der Waals surface area (Å²) in [5, 5.41) is 2.73. The molecular weight excluding hydrogens is 202 g/mol. The highest BCUT2D eigenvalue weighted by Crippen LogP contribution is 2.10. The van der Waals surface area contributed by atoms with Gasteiger partial charge < -0.3 is 10.1 Å². The van der Waals surface area contributed by atoms with Crippen molar-refractivity contribution in [3.8, 4) is 0 Å². The third kappa shape index (κ3) is 7.10. The number of hydrogen-bond acceptors (Lipinski definition) is 2. The van der Waals surface area contributed by atoms with Crippen molar-refractivity contribution in [1.29, 1.82) is 0 Å². The summed E-state index contributed by atoms with van der Waals surface area (Å²) in [5.41, 5.74) is 0.672. The second-order valence-corrected chi connectivity index (χ2v) is 4.99. The van der Waals surface area contributed by atoms with Gasteiger partial charge in [0.2, 0.25) is 0 Å². The van der Waals surface area contributed by atoms with Crippen LogP contribution in [0.3, 0.4) is 0 Å². The quantitative estimate of drug-likeness (QED) is 0.746. The molecule has 0 aliphatic rings. The van der Waals surface area contributed by atoms with E-state index in [4.69, 9.17) is 4.74 Å². The topological polar surface area (TPSA) is 38.3 Å². The van der Waals surface area contributed by atoms with Crippen molar-refractivity contribution in [3.63, 3.8) is 0 Å². The van der Waals surface area contributed by atoms with E-state index in [0.717, 1.165) is 5.57 Å². The van der Waals surface area contributed by atoms with Crippen LogP contribution in [0.15, 0.2) is 24.3 Å². The van der Waals surface area contributed by atoms with E-state index in [1.807, 2.05) is 26.8 Å². The molecule has 92 valence electrons. The van der Waals surface area contributed by atoms with Crippen molar-refractivity contribution in [2.45, 2.75) is 40.2 Å². The maximum Gasteiger partial charge on any atom is 0.407 e. The van der Waals surface area contributed by atoms with Crippen LogP contribution in [0.2, 0.25) is 0 Å². The Bertz CT molecular complexity index is 272. The van der Waals surface area contributed by atoms with Crippen LogP contribution in [-0.4, -0.2) is 18.2 Å². The number of amides is 1. The fourth-order valence-electron chi connectivity index (χ4n) is 1.10. The van der Waals surface area contributed by atoms with Gasteiger partial charge in [0.25, 0.3) is 0 Å². The molecule has 0 bridgehead atoms. The molecule has 0 spiro atoms. The molecule has 0 aliphatic heterocycles. The van der Waals surface area contributed by atoms with Gasteiger partial charge in [-0.1, -0.05) is 32.6 Å². The Morgan fingerprint density at radius 1 is 1.44 bits per heavy atom. The molecule has 1 N–H and O–H groups in total. The second kappa shape index (κ2) is 6.36. The molecule has 0 aromatic rings. The summed E-state index contributed by atoms with van der Waals surface area (Å²) in [6.45, 7) is 13.8. The molecule has 0 aromatic heterocycles. The molecule has 0 aromatic carbocycles. The van der Waals surface area contributed by atoms with E-state index in [9.17, 15) is 4.79 Å². The lowest BCUT2D eigenvalue weighted by Gasteiger charge is -2.20. The normalized spacial score (nSPS) is 12.5. The lowest BCUT2D eigenvalue weighted by Crippen LogP contribution is -2.34. The molecule has 3 heteroatoms. The number of rotatable bonds is 4. The molecule has 0 rings (SSSR count). The van der Waals surface area contributed by atoms with Crippen LogP contribution in [0.25, 0.3) is 0 Å². The summed E-state index contributed by atoms with van der Waals surface area (Å²) in [4.78, 5) is 11.4. The summed E-state index contributed by atoms with van der Waals surface area (Å²) in [6.07, 6.45) is 3.26. The predicted octanol–water partition coefficient (Wildman–Crippen LogP) is 3.28. The highest BCUT2D eigenvalue weighted by molar-refractivity contribution is 5.68. The van der Waals surface area contributed by atoms with Crippen LogP contribution in [0.1, 0.15) is 34.6 Å². The van der Waals surface area contributed by atoms with Crippen molar-refractivity contribution in [3.05, 3.63) is 24.3 Å². The lowest BCUT2D eigenvalue weighted by molar-refractivity contribution is 0.0532. The van der Waals surface area contributed by atoms with Crippen LogP contribution in [-0.2, 0) is 4.74 Å². The van der Waals surface area contributed by atoms with Crippen molar-refractivity contribution < 1.29 is 9.53 Å². The molecule has 0 heterocycles. The van der Waals surface area contributed by atoms with Gasteiger partial charge in [-0.05, 0) is 32.3 Å². The van der Waals surface area contributed by atoms with Gasteiger partial charge in [-0.25, -0.2) is 4.79 Å². The zero-order valence-electron chi connectivity index (χ0n) is 11.0. The van der Waals surface area contributed by atoms with E-state index >= 15 is 0 Å². The third-order valence-corrected chi connectivity index (χ3v) is 1.91. The van der Waals surface area contributed by atoms with E-state index in [1.54, 1.807) is 6.08 Å². The number of alkyl carbamates (subject to hydrolysis) is 1. The number of hydrogen-bond donors (Lipinski definition) is 1. The zero-order chi connectivity index (χ0) is 12.8. The molecule has 0 radical (unpaired) electrons. The van der Waals surface area contributed by atoms with Gasteiger partial charge >= 0.3 is 6.09 Å². The van der Waals surface area contributed by atoms with Crippen LogP contribution in [0.4, 0.5) is 4.79 Å². The summed E-state index contributed by atoms with van der Waals surface area (Å²) < 4.78 is 5.14. The second-order valence-electron chi connectivity index (χ2n) is 4.99. The third-order valence-electron chi connectivity index (χ3n) is 1.91. The number of ether oxygens (including phenoxy) is 1. The Kier molecular flexibility index (Phi) is 5.86. The minimum atomic E-state index is -0.454. The van der Waals surface area contributed by atoms with E-state index in [1.165, 1.54) is 0 Å². The van der Waals surface area contributed by atoms with Gasteiger partial charge in [0.05, 0.1) is 0 Å². The van der Waals surface area contributed by atoms with Gasteiger partial charge in [-0.15, -0.1) is 0 Å². The molecule has 16 heavy (non-hydrogen) atoms. The van der Waals surface area contributed by atoms with Gasteiger partial charge in [0, 0.05) is 6.54 Å². The molecular formula is C13H23NO2. The van der Waals surface area contributed by atoms with Gasteiger partial charge in [0.1, 0.15) is 5.60 Å².